The molecule has 26 heavy (non-hydrogen) atoms. The van der Waals surface area contributed by atoms with Gasteiger partial charge in [0.15, 0.2) is 0 Å². The summed E-state index contributed by atoms with van der Waals surface area (Å²) in [6, 6.07) is -3.47. The van der Waals surface area contributed by atoms with Crippen LogP contribution in [0.1, 0.15) is 40.5 Å². The summed E-state index contributed by atoms with van der Waals surface area (Å²) >= 11 is 0. The largest absolute Gasteiger partial charge is 0.451 e. The number of Topliss-reactive ketones (excluding diaryl/α,β-unsaturated/α-hetero) is 1. The van der Waals surface area contributed by atoms with Gasteiger partial charge in [-0.3, -0.25) is 29.4 Å². The summed E-state index contributed by atoms with van der Waals surface area (Å²) in [5.74, 6) is -4.56. The van der Waals surface area contributed by atoms with E-state index in [0.29, 0.717) is 6.42 Å². The first-order chi connectivity index (χ1) is 11.9. The standard InChI is InChI=1S/C16H24F3N3O4/c1-8(2)12(13(24)16(17,18)19)22-7-5-6-11(22)15(26)21-14(25)9(3)20-10(4)23/h8-9,11-12H,5-7H2,1-4H3,(H,20,23)(H,21,25,26)/t9-,11-,12-/m0/s1. The molecule has 148 valence electrons. The van der Waals surface area contributed by atoms with Crippen molar-refractivity contribution >= 4 is 23.5 Å². The van der Waals surface area contributed by atoms with Crippen LogP contribution in [0.5, 0.6) is 0 Å². The van der Waals surface area contributed by atoms with Crippen LogP contribution in [0.4, 0.5) is 13.2 Å². The van der Waals surface area contributed by atoms with Gasteiger partial charge in [0.25, 0.3) is 5.78 Å². The van der Waals surface area contributed by atoms with Crippen LogP contribution in [0.2, 0.25) is 0 Å². The number of rotatable bonds is 6. The molecule has 0 aromatic carbocycles. The predicted molar refractivity (Wildman–Crippen MR) is 85.8 cm³/mol. The third-order valence-electron chi connectivity index (χ3n) is 4.19. The van der Waals surface area contributed by atoms with Crippen molar-refractivity contribution in [1.82, 2.24) is 15.5 Å². The molecule has 0 unspecified atom stereocenters. The van der Waals surface area contributed by atoms with Crippen LogP contribution >= 0.6 is 0 Å². The Hall–Kier alpha value is -1.97. The normalized spacial score (nSPS) is 20.5. The van der Waals surface area contributed by atoms with Crippen molar-refractivity contribution in [2.45, 2.75) is 64.8 Å². The second-order valence-electron chi connectivity index (χ2n) is 6.72. The van der Waals surface area contributed by atoms with E-state index in [1.165, 1.54) is 32.6 Å². The summed E-state index contributed by atoms with van der Waals surface area (Å²) in [6.45, 7) is 5.69. The number of carbonyl (C=O) groups excluding carboxylic acids is 4. The minimum atomic E-state index is -5.01. The van der Waals surface area contributed by atoms with E-state index in [2.05, 4.69) is 10.6 Å². The number of nitrogens with one attached hydrogen (secondary N) is 2. The number of amides is 3. The van der Waals surface area contributed by atoms with E-state index in [1.807, 2.05) is 0 Å². The predicted octanol–water partition coefficient (Wildman–Crippen LogP) is 0.774. The van der Waals surface area contributed by atoms with Crippen molar-refractivity contribution in [2.24, 2.45) is 5.92 Å². The van der Waals surface area contributed by atoms with Crippen molar-refractivity contribution < 1.29 is 32.3 Å². The Morgan fingerprint density at radius 2 is 1.69 bits per heavy atom. The van der Waals surface area contributed by atoms with Gasteiger partial charge in [-0.2, -0.15) is 13.2 Å². The molecule has 0 aromatic heterocycles. The average Bonchev–Trinajstić information content (AvgIpc) is 2.94. The van der Waals surface area contributed by atoms with E-state index in [-0.39, 0.29) is 13.0 Å². The maximum absolute atomic E-state index is 12.9. The molecule has 0 aliphatic carbocycles. The molecule has 0 bridgehead atoms. The second-order valence-corrected chi connectivity index (χ2v) is 6.72. The molecule has 10 heteroatoms. The van der Waals surface area contributed by atoms with E-state index in [9.17, 15) is 32.3 Å². The lowest BCUT2D eigenvalue weighted by Crippen LogP contribution is -2.57. The molecule has 3 atom stereocenters. The zero-order valence-corrected chi connectivity index (χ0v) is 15.1. The van der Waals surface area contributed by atoms with Gasteiger partial charge >= 0.3 is 6.18 Å². The van der Waals surface area contributed by atoms with Gasteiger partial charge in [-0.15, -0.1) is 0 Å². The highest BCUT2D eigenvalue weighted by Crippen LogP contribution is 2.30. The number of carbonyl (C=O) groups is 4. The quantitative estimate of drug-likeness (QED) is 0.711. The molecule has 2 N–H and O–H groups in total. The molecule has 0 aromatic rings. The number of likely N-dealkylation sites (tertiary alicyclic amines) is 1. The first-order valence-corrected chi connectivity index (χ1v) is 8.34. The average molecular weight is 379 g/mol. The van der Waals surface area contributed by atoms with Crippen molar-refractivity contribution in [3.8, 4) is 0 Å². The van der Waals surface area contributed by atoms with Gasteiger partial charge in [-0.05, 0) is 32.2 Å². The molecule has 0 spiro atoms. The van der Waals surface area contributed by atoms with Crippen molar-refractivity contribution in [1.29, 1.82) is 0 Å². The van der Waals surface area contributed by atoms with Gasteiger partial charge in [0.2, 0.25) is 17.7 Å². The number of halogens is 3. The number of imide groups is 1. The number of nitrogens with zero attached hydrogens (tertiary/aromatic N) is 1. The minimum Gasteiger partial charge on any atom is -0.345 e. The summed E-state index contributed by atoms with van der Waals surface area (Å²) in [7, 11) is 0. The van der Waals surface area contributed by atoms with Crippen LogP contribution in [0.15, 0.2) is 0 Å². The van der Waals surface area contributed by atoms with Gasteiger partial charge in [-0.1, -0.05) is 13.8 Å². The molecule has 7 nitrogen and oxygen atoms in total. The van der Waals surface area contributed by atoms with Crippen molar-refractivity contribution in [3.05, 3.63) is 0 Å². The highest BCUT2D eigenvalue weighted by Gasteiger charge is 2.49. The number of hydrogen-bond acceptors (Lipinski definition) is 5. The Morgan fingerprint density at radius 1 is 1.12 bits per heavy atom. The molecule has 1 rings (SSSR count). The maximum atomic E-state index is 12.9. The number of ketones is 1. The van der Waals surface area contributed by atoms with Crippen LogP contribution in [0, 0.1) is 5.92 Å². The fraction of sp³-hybridized carbons (Fsp3) is 0.750. The lowest BCUT2D eigenvalue weighted by molar-refractivity contribution is -0.179. The van der Waals surface area contributed by atoms with Gasteiger partial charge in [0, 0.05) is 6.92 Å². The van der Waals surface area contributed by atoms with Gasteiger partial charge in [0.05, 0.1) is 12.1 Å². The van der Waals surface area contributed by atoms with Crippen molar-refractivity contribution in [2.75, 3.05) is 6.54 Å². The molecule has 1 heterocycles. The van der Waals surface area contributed by atoms with Crippen LogP contribution < -0.4 is 10.6 Å². The van der Waals surface area contributed by atoms with Crippen LogP contribution in [0.25, 0.3) is 0 Å². The summed E-state index contributed by atoms with van der Waals surface area (Å²) < 4.78 is 38.7. The maximum Gasteiger partial charge on any atom is 0.451 e. The first-order valence-electron chi connectivity index (χ1n) is 8.34. The van der Waals surface area contributed by atoms with E-state index >= 15 is 0 Å². The fourth-order valence-corrected chi connectivity index (χ4v) is 3.09. The van der Waals surface area contributed by atoms with E-state index in [0.717, 1.165) is 0 Å². The Bertz CT molecular complexity index is 578. The third-order valence-corrected chi connectivity index (χ3v) is 4.19. The molecule has 1 aliphatic rings. The van der Waals surface area contributed by atoms with E-state index in [4.69, 9.17) is 0 Å². The van der Waals surface area contributed by atoms with Crippen LogP contribution in [-0.2, 0) is 19.2 Å². The van der Waals surface area contributed by atoms with Gasteiger partial charge in [-0.25, -0.2) is 0 Å². The van der Waals surface area contributed by atoms with Crippen LogP contribution in [-0.4, -0.2) is 59.3 Å². The Balaban J connectivity index is 2.91. The smallest absolute Gasteiger partial charge is 0.345 e. The molecule has 1 aliphatic heterocycles. The van der Waals surface area contributed by atoms with Gasteiger partial charge in [0.1, 0.15) is 6.04 Å². The monoisotopic (exact) mass is 379 g/mol. The molecular weight excluding hydrogens is 355 g/mol. The molecule has 1 saturated heterocycles. The fourth-order valence-electron chi connectivity index (χ4n) is 3.09. The minimum absolute atomic E-state index is 0.151. The van der Waals surface area contributed by atoms with Crippen LogP contribution in [0.3, 0.4) is 0 Å². The Kier molecular flexibility index (Phi) is 7.31. The molecule has 3 amide bonds. The molecule has 0 radical (unpaired) electrons. The van der Waals surface area contributed by atoms with Crippen molar-refractivity contribution in [3.63, 3.8) is 0 Å². The molecule has 0 saturated carbocycles. The third kappa shape index (κ3) is 5.52. The number of hydrogen-bond donors (Lipinski definition) is 2. The Labute approximate surface area is 149 Å². The lowest BCUT2D eigenvalue weighted by Gasteiger charge is -2.34. The zero-order chi connectivity index (χ0) is 20.2. The highest BCUT2D eigenvalue weighted by molar-refractivity contribution is 6.01. The van der Waals surface area contributed by atoms with E-state index in [1.54, 1.807) is 0 Å². The zero-order valence-electron chi connectivity index (χ0n) is 15.1. The molecule has 1 fully saturated rings. The van der Waals surface area contributed by atoms with Gasteiger partial charge < -0.3 is 5.32 Å². The molecular formula is C16H24F3N3O4. The van der Waals surface area contributed by atoms with E-state index < -0.39 is 53.7 Å². The summed E-state index contributed by atoms with van der Waals surface area (Å²) in [4.78, 5) is 48.3. The summed E-state index contributed by atoms with van der Waals surface area (Å²) in [5.41, 5.74) is 0. The SMILES string of the molecule is CC(=O)N[C@@H](C)C(=O)NC(=O)[C@@H]1CCCN1[C@H](C(=O)C(F)(F)F)C(C)C. The summed E-state index contributed by atoms with van der Waals surface area (Å²) in [6.07, 6.45) is -4.34. The highest BCUT2D eigenvalue weighted by atomic mass is 19.4. The topological polar surface area (TPSA) is 95.6 Å². The number of alkyl halides is 3. The second kappa shape index (κ2) is 8.61. The Morgan fingerprint density at radius 3 is 2.15 bits per heavy atom. The summed E-state index contributed by atoms with van der Waals surface area (Å²) in [5, 5.41) is 4.41. The first kappa shape index (κ1) is 22.1. The lowest BCUT2D eigenvalue weighted by atomic mass is 9.96.